The average Bonchev–Trinajstić information content (AvgIpc) is 3.32. The number of esters is 1. The lowest BCUT2D eigenvalue weighted by atomic mass is 10.0. The van der Waals surface area contributed by atoms with E-state index < -0.39 is 18.2 Å². The highest BCUT2D eigenvalue weighted by Gasteiger charge is 2.24. The molecule has 1 amide bonds. The monoisotopic (exact) mass is 946 g/mol. The lowest BCUT2D eigenvalue weighted by Gasteiger charge is -2.24. The second kappa shape index (κ2) is 55.5. The standard InChI is InChI=1S/C61H119NO5/c1-4-7-10-13-16-19-22-25-28-31-34-37-40-43-46-49-52-57(67-61(66)54-51-48-45-42-39-36-33-30-27-24-21-18-15-12-9-6-3)55-60(65)62-58(56-63)59(64)53-50-47-44-41-38-35-32-29-26-23-20-17-14-11-8-5-2/h34,37,57-59,63-64H,4-33,35-36,38-56H2,1-3H3,(H,62,65)/b37-34+. The summed E-state index contributed by atoms with van der Waals surface area (Å²) in [5, 5.41) is 23.9. The van der Waals surface area contributed by atoms with Crippen molar-refractivity contribution in [1.82, 2.24) is 5.32 Å². The molecular weight excluding hydrogens is 827 g/mol. The van der Waals surface area contributed by atoms with E-state index in [1.165, 1.54) is 238 Å². The maximum atomic E-state index is 13.3. The Hall–Kier alpha value is -1.40. The molecule has 0 fully saturated rings. The van der Waals surface area contributed by atoms with Crippen LogP contribution in [0, 0.1) is 0 Å². The third-order valence-corrected chi connectivity index (χ3v) is 14.3. The minimum Gasteiger partial charge on any atom is -0.462 e. The predicted octanol–water partition coefficient (Wildman–Crippen LogP) is 18.9. The molecule has 3 atom stereocenters. The van der Waals surface area contributed by atoms with Crippen molar-refractivity contribution in [2.24, 2.45) is 0 Å². The largest absolute Gasteiger partial charge is 0.462 e. The molecule has 0 aliphatic heterocycles. The van der Waals surface area contributed by atoms with E-state index >= 15 is 0 Å². The van der Waals surface area contributed by atoms with Crippen LogP contribution in [0.3, 0.4) is 0 Å². The molecule has 0 rings (SSSR count). The van der Waals surface area contributed by atoms with Crippen molar-refractivity contribution in [2.45, 2.75) is 360 Å². The van der Waals surface area contributed by atoms with Gasteiger partial charge in [0.2, 0.25) is 5.91 Å². The molecule has 0 aromatic heterocycles. The first kappa shape index (κ1) is 65.6. The number of unbranched alkanes of at least 4 members (excludes halogenated alkanes) is 42. The van der Waals surface area contributed by atoms with Gasteiger partial charge in [-0.05, 0) is 51.4 Å². The minimum atomic E-state index is -0.787. The number of aliphatic hydroxyl groups excluding tert-OH is 2. The molecule has 0 spiro atoms. The van der Waals surface area contributed by atoms with Crippen LogP contribution in [-0.4, -0.2) is 46.9 Å². The van der Waals surface area contributed by atoms with Crippen LogP contribution in [0.4, 0.5) is 0 Å². The van der Waals surface area contributed by atoms with Crippen LogP contribution in [0.25, 0.3) is 0 Å². The van der Waals surface area contributed by atoms with Gasteiger partial charge in [0.05, 0.1) is 25.2 Å². The zero-order valence-corrected chi connectivity index (χ0v) is 45.6. The van der Waals surface area contributed by atoms with Crippen molar-refractivity contribution in [2.75, 3.05) is 6.61 Å². The quantitative estimate of drug-likeness (QED) is 0.0321. The average molecular weight is 947 g/mol. The molecule has 3 unspecified atom stereocenters. The Kier molecular flexibility index (Phi) is 54.4. The molecule has 3 N–H and O–H groups in total. The van der Waals surface area contributed by atoms with Crippen LogP contribution in [-0.2, 0) is 14.3 Å². The maximum Gasteiger partial charge on any atom is 0.306 e. The summed E-state index contributed by atoms with van der Waals surface area (Å²) in [6, 6.07) is -0.701. The Labute approximate surface area is 419 Å². The number of aliphatic hydroxyl groups is 2. The summed E-state index contributed by atoms with van der Waals surface area (Å²) < 4.78 is 5.97. The number of carbonyl (C=O) groups excluding carboxylic acids is 2. The molecule has 398 valence electrons. The molecule has 0 aliphatic rings. The fourth-order valence-corrected chi connectivity index (χ4v) is 9.72. The number of amides is 1. The van der Waals surface area contributed by atoms with E-state index in [1.54, 1.807) is 0 Å². The van der Waals surface area contributed by atoms with Gasteiger partial charge in [0.1, 0.15) is 6.10 Å². The van der Waals surface area contributed by atoms with E-state index in [-0.39, 0.29) is 24.9 Å². The molecule has 0 radical (unpaired) electrons. The molecule has 67 heavy (non-hydrogen) atoms. The second-order valence-corrected chi connectivity index (χ2v) is 21.1. The lowest BCUT2D eigenvalue weighted by Crippen LogP contribution is -2.46. The highest BCUT2D eigenvalue weighted by Crippen LogP contribution is 2.19. The van der Waals surface area contributed by atoms with Gasteiger partial charge in [0.25, 0.3) is 0 Å². The third kappa shape index (κ3) is 50.8. The van der Waals surface area contributed by atoms with Crippen molar-refractivity contribution in [3.8, 4) is 0 Å². The summed E-state index contributed by atoms with van der Waals surface area (Å²) in [5.41, 5.74) is 0. The summed E-state index contributed by atoms with van der Waals surface area (Å²) in [6.45, 7) is 6.54. The Bertz CT molecular complexity index is 1020. The Balaban J connectivity index is 4.51. The van der Waals surface area contributed by atoms with Crippen molar-refractivity contribution < 1.29 is 24.5 Å². The first-order chi connectivity index (χ1) is 33.0. The van der Waals surface area contributed by atoms with E-state index in [4.69, 9.17) is 4.74 Å². The van der Waals surface area contributed by atoms with Crippen LogP contribution >= 0.6 is 0 Å². The van der Waals surface area contributed by atoms with E-state index in [1.807, 2.05) is 0 Å². The molecule has 0 saturated carbocycles. The highest BCUT2D eigenvalue weighted by atomic mass is 16.5. The van der Waals surface area contributed by atoms with Crippen LogP contribution < -0.4 is 5.32 Å². The van der Waals surface area contributed by atoms with Crippen LogP contribution in [0.2, 0.25) is 0 Å². The van der Waals surface area contributed by atoms with Crippen molar-refractivity contribution in [1.29, 1.82) is 0 Å². The zero-order valence-electron chi connectivity index (χ0n) is 45.6. The maximum absolute atomic E-state index is 13.3. The number of rotatable bonds is 56. The van der Waals surface area contributed by atoms with Gasteiger partial charge in [-0.2, -0.15) is 0 Å². The fraction of sp³-hybridized carbons (Fsp3) is 0.934. The second-order valence-electron chi connectivity index (χ2n) is 21.1. The van der Waals surface area contributed by atoms with E-state index in [2.05, 4.69) is 38.2 Å². The normalized spacial score (nSPS) is 13.1. The lowest BCUT2D eigenvalue weighted by molar-refractivity contribution is -0.151. The minimum absolute atomic E-state index is 0.0750. The van der Waals surface area contributed by atoms with Gasteiger partial charge in [-0.1, -0.05) is 290 Å². The van der Waals surface area contributed by atoms with Gasteiger partial charge in [-0.15, -0.1) is 0 Å². The first-order valence-corrected chi connectivity index (χ1v) is 30.4. The van der Waals surface area contributed by atoms with Crippen molar-refractivity contribution in [3.63, 3.8) is 0 Å². The van der Waals surface area contributed by atoms with Crippen LogP contribution in [0.15, 0.2) is 12.2 Å². The Morgan fingerprint density at radius 3 is 1.07 bits per heavy atom. The number of hydrogen-bond donors (Lipinski definition) is 3. The van der Waals surface area contributed by atoms with Gasteiger partial charge < -0.3 is 20.3 Å². The molecular formula is C61H119NO5. The van der Waals surface area contributed by atoms with Crippen molar-refractivity contribution >= 4 is 11.9 Å². The SMILES string of the molecule is CCCCCCCCCCC/C=C/CCCCCC(CC(=O)NC(CO)C(O)CCCCCCCCCCCCCCCCCC)OC(=O)CCCCCCCCCCCCCCCCCC. The number of nitrogens with one attached hydrogen (secondary N) is 1. The number of allylic oxidation sites excluding steroid dienone is 2. The number of hydrogen-bond acceptors (Lipinski definition) is 5. The van der Waals surface area contributed by atoms with E-state index in [9.17, 15) is 19.8 Å². The van der Waals surface area contributed by atoms with E-state index in [0.717, 1.165) is 57.8 Å². The molecule has 6 heteroatoms. The Morgan fingerprint density at radius 2 is 0.716 bits per heavy atom. The molecule has 0 heterocycles. The molecule has 0 aliphatic carbocycles. The van der Waals surface area contributed by atoms with Crippen LogP contribution in [0.5, 0.6) is 0 Å². The first-order valence-electron chi connectivity index (χ1n) is 30.4. The summed E-state index contributed by atoms with van der Waals surface area (Å²) in [4.78, 5) is 26.3. The highest BCUT2D eigenvalue weighted by molar-refractivity contribution is 5.77. The van der Waals surface area contributed by atoms with Gasteiger partial charge in [-0.3, -0.25) is 9.59 Å². The summed E-state index contributed by atoms with van der Waals surface area (Å²) in [7, 11) is 0. The van der Waals surface area contributed by atoms with Crippen molar-refractivity contribution in [3.05, 3.63) is 12.2 Å². The zero-order chi connectivity index (χ0) is 48.8. The molecule has 0 bridgehead atoms. The smallest absolute Gasteiger partial charge is 0.306 e. The number of ether oxygens (including phenoxy) is 1. The van der Waals surface area contributed by atoms with Gasteiger partial charge >= 0.3 is 5.97 Å². The van der Waals surface area contributed by atoms with Gasteiger partial charge in [-0.25, -0.2) is 0 Å². The molecule has 6 nitrogen and oxygen atoms in total. The molecule has 0 saturated heterocycles. The van der Waals surface area contributed by atoms with Gasteiger partial charge in [0, 0.05) is 6.42 Å². The Morgan fingerprint density at radius 1 is 0.418 bits per heavy atom. The third-order valence-electron chi connectivity index (χ3n) is 14.3. The van der Waals surface area contributed by atoms with Crippen LogP contribution in [0.1, 0.15) is 342 Å². The fourth-order valence-electron chi connectivity index (χ4n) is 9.72. The summed E-state index contributed by atoms with van der Waals surface area (Å²) in [6.07, 6.45) is 64.2. The topological polar surface area (TPSA) is 95.9 Å². The molecule has 0 aromatic carbocycles. The summed E-state index contributed by atoms with van der Waals surface area (Å²) in [5.74, 6) is -0.463. The predicted molar refractivity (Wildman–Crippen MR) is 292 cm³/mol. The number of carbonyl (C=O) groups is 2. The molecule has 0 aromatic rings. The van der Waals surface area contributed by atoms with Gasteiger partial charge in [0.15, 0.2) is 0 Å². The summed E-state index contributed by atoms with van der Waals surface area (Å²) >= 11 is 0. The van der Waals surface area contributed by atoms with E-state index in [0.29, 0.717) is 19.3 Å².